The molecule has 11 heteroatoms. The fraction of sp³-hybridized carbons (Fsp3) is 0.485. The summed E-state index contributed by atoms with van der Waals surface area (Å²) in [5, 5.41) is 20.4. The van der Waals surface area contributed by atoms with E-state index in [0.717, 1.165) is 67.4 Å². The minimum atomic E-state index is -0.995. The molecular formula is C33H38F2N4O4S. The van der Waals surface area contributed by atoms with E-state index in [1.165, 1.54) is 12.1 Å². The Kier molecular flexibility index (Phi) is 9.25. The number of ether oxygens (including phenoxy) is 1. The van der Waals surface area contributed by atoms with Crippen molar-refractivity contribution in [2.24, 2.45) is 0 Å². The minimum Gasteiger partial charge on any atom is -0.492 e. The molecule has 0 spiro atoms. The van der Waals surface area contributed by atoms with Crippen molar-refractivity contribution in [1.29, 1.82) is 0 Å². The number of carbonyl (C=O) groups is 2. The third-order valence-corrected chi connectivity index (χ3v) is 9.86. The Labute approximate surface area is 259 Å². The van der Waals surface area contributed by atoms with Gasteiger partial charge in [-0.2, -0.15) is 0 Å². The van der Waals surface area contributed by atoms with Crippen molar-refractivity contribution >= 4 is 23.2 Å². The largest absolute Gasteiger partial charge is 0.492 e. The van der Waals surface area contributed by atoms with Crippen molar-refractivity contribution in [3.8, 4) is 5.75 Å². The highest BCUT2D eigenvalue weighted by atomic mass is 32.1. The Balaban J connectivity index is 1.31. The van der Waals surface area contributed by atoms with E-state index in [2.05, 4.69) is 15.6 Å². The number of aliphatic hydroxyl groups is 1. The third-order valence-electron chi connectivity index (χ3n) is 8.80. The number of benzene rings is 2. The summed E-state index contributed by atoms with van der Waals surface area (Å²) in [6, 6.07) is 5.34. The van der Waals surface area contributed by atoms with E-state index in [0.29, 0.717) is 36.4 Å². The van der Waals surface area contributed by atoms with Crippen molar-refractivity contribution in [1.82, 2.24) is 20.5 Å². The molecule has 4 atom stereocenters. The van der Waals surface area contributed by atoms with Crippen LogP contribution in [0.5, 0.6) is 5.75 Å². The number of thiazole rings is 1. The van der Waals surface area contributed by atoms with Crippen LogP contribution in [0.3, 0.4) is 0 Å². The second-order valence-corrected chi connectivity index (χ2v) is 12.9. The smallest absolute Gasteiger partial charge is 0.258 e. The molecule has 2 fully saturated rings. The predicted molar refractivity (Wildman–Crippen MR) is 163 cm³/mol. The number of amides is 2. The first-order chi connectivity index (χ1) is 21.3. The standard InChI is InChI=1S/C33H38F2N4O4S/c1-19-18-44-32(37-19)28-8-5-10-39(28)33(42)25-16-22(15-21-6-2-3-11-43-30(21)25)31(41)38-27(29(40)26-7-4-9-36-26)14-20-12-23(34)17-24(35)13-20/h12-13,15-18,26-29,36,40H,2-11,14H2,1H3,(H,38,41)/t26-,27+,28-,29-/m1/s1. The van der Waals surface area contributed by atoms with E-state index in [4.69, 9.17) is 4.74 Å². The van der Waals surface area contributed by atoms with E-state index < -0.39 is 29.7 Å². The highest BCUT2D eigenvalue weighted by Gasteiger charge is 2.36. The zero-order valence-corrected chi connectivity index (χ0v) is 25.6. The third kappa shape index (κ3) is 6.64. The molecule has 0 unspecified atom stereocenters. The van der Waals surface area contributed by atoms with Crippen LogP contribution in [0.4, 0.5) is 8.78 Å². The molecule has 3 aliphatic heterocycles. The molecule has 0 aliphatic carbocycles. The molecule has 8 nitrogen and oxygen atoms in total. The molecule has 4 heterocycles. The van der Waals surface area contributed by atoms with Gasteiger partial charge >= 0.3 is 0 Å². The number of aromatic nitrogens is 1. The summed E-state index contributed by atoms with van der Waals surface area (Å²) in [5.74, 6) is -1.60. The lowest BCUT2D eigenvalue weighted by atomic mass is 9.94. The Morgan fingerprint density at radius 1 is 1.14 bits per heavy atom. The van der Waals surface area contributed by atoms with Crippen LogP contribution in [0, 0.1) is 18.6 Å². The molecule has 6 rings (SSSR count). The quantitative estimate of drug-likeness (QED) is 0.330. The Hall–Kier alpha value is -3.41. The van der Waals surface area contributed by atoms with Gasteiger partial charge in [-0.1, -0.05) is 0 Å². The van der Waals surface area contributed by atoms with Crippen LogP contribution in [0.15, 0.2) is 35.7 Å². The van der Waals surface area contributed by atoms with E-state index in [1.807, 2.05) is 17.2 Å². The number of fused-ring (bicyclic) bond motifs is 1. The fourth-order valence-corrected chi connectivity index (χ4v) is 7.59. The second-order valence-electron chi connectivity index (χ2n) is 12.1. The Morgan fingerprint density at radius 2 is 1.95 bits per heavy atom. The first-order valence-electron chi connectivity index (χ1n) is 15.5. The van der Waals surface area contributed by atoms with Crippen LogP contribution in [-0.4, -0.2) is 64.7 Å². The van der Waals surface area contributed by atoms with Gasteiger partial charge in [0.25, 0.3) is 11.8 Å². The summed E-state index contributed by atoms with van der Waals surface area (Å²) >= 11 is 1.55. The molecule has 3 aliphatic rings. The maximum absolute atomic E-state index is 14.2. The number of rotatable bonds is 8. The molecule has 3 N–H and O–H groups in total. The van der Waals surface area contributed by atoms with Crippen LogP contribution in [0.1, 0.15) is 87.1 Å². The number of nitrogens with zero attached hydrogens (tertiary/aromatic N) is 2. The minimum absolute atomic E-state index is 0.0301. The van der Waals surface area contributed by atoms with E-state index >= 15 is 0 Å². The average molecular weight is 625 g/mol. The molecule has 2 aromatic carbocycles. The summed E-state index contributed by atoms with van der Waals surface area (Å²) in [4.78, 5) is 34.5. The first kappa shape index (κ1) is 30.6. The van der Waals surface area contributed by atoms with Gasteiger partial charge < -0.3 is 25.4 Å². The van der Waals surface area contributed by atoms with Crippen LogP contribution in [0.25, 0.3) is 0 Å². The highest BCUT2D eigenvalue weighted by molar-refractivity contribution is 7.09. The van der Waals surface area contributed by atoms with Crippen molar-refractivity contribution in [3.63, 3.8) is 0 Å². The van der Waals surface area contributed by atoms with E-state index in [1.54, 1.807) is 23.5 Å². The van der Waals surface area contributed by atoms with Gasteiger partial charge in [-0.05, 0) is 100 Å². The van der Waals surface area contributed by atoms with Crippen LogP contribution in [0.2, 0.25) is 0 Å². The van der Waals surface area contributed by atoms with Gasteiger partial charge in [0, 0.05) is 35.3 Å². The topological polar surface area (TPSA) is 104 Å². The number of hydrogen-bond donors (Lipinski definition) is 3. The molecule has 234 valence electrons. The molecule has 2 saturated heterocycles. The van der Waals surface area contributed by atoms with Crippen molar-refractivity contribution in [3.05, 3.63) is 80.3 Å². The summed E-state index contributed by atoms with van der Waals surface area (Å²) in [5.41, 5.74) is 2.66. The summed E-state index contributed by atoms with van der Waals surface area (Å²) in [7, 11) is 0. The Bertz CT molecular complexity index is 1510. The maximum atomic E-state index is 14.2. The monoisotopic (exact) mass is 624 g/mol. The summed E-state index contributed by atoms with van der Waals surface area (Å²) in [6.07, 6.45) is 4.66. The summed E-state index contributed by atoms with van der Waals surface area (Å²) in [6.45, 7) is 3.75. The molecular weight excluding hydrogens is 586 g/mol. The van der Waals surface area contributed by atoms with Gasteiger partial charge in [0.2, 0.25) is 0 Å². The maximum Gasteiger partial charge on any atom is 0.258 e. The first-order valence-corrected chi connectivity index (χ1v) is 16.3. The lowest BCUT2D eigenvalue weighted by Crippen LogP contribution is -2.52. The zero-order chi connectivity index (χ0) is 30.8. The lowest BCUT2D eigenvalue weighted by Gasteiger charge is -2.29. The van der Waals surface area contributed by atoms with E-state index in [-0.39, 0.29) is 30.0 Å². The van der Waals surface area contributed by atoms with Gasteiger partial charge in [-0.25, -0.2) is 13.8 Å². The number of hydrogen-bond acceptors (Lipinski definition) is 7. The number of aryl methyl sites for hydroxylation is 2. The zero-order valence-electron chi connectivity index (χ0n) is 24.8. The van der Waals surface area contributed by atoms with Crippen LogP contribution < -0.4 is 15.4 Å². The van der Waals surface area contributed by atoms with Crippen molar-refractivity contribution in [2.75, 3.05) is 19.7 Å². The van der Waals surface area contributed by atoms with Crippen LogP contribution in [-0.2, 0) is 12.8 Å². The number of carbonyl (C=O) groups excluding carboxylic acids is 2. The van der Waals surface area contributed by atoms with Gasteiger partial charge in [-0.15, -0.1) is 11.3 Å². The number of aliphatic hydroxyl groups excluding tert-OH is 1. The van der Waals surface area contributed by atoms with Crippen LogP contribution >= 0.6 is 11.3 Å². The molecule has 0 radical (unpaired) electrons. The Morgan fingerprint density at radius 3 is 2.68 bits per heavy atom. The molecule has 1 aromatic heterocycles. The number of likely N-dealkylation sites (tertiary alicyclic amines) is 1. The van der Waals surface area contributed by atoms with Gasteiger partial charge in [0.05, 0.1) is 30.4 Å². The van der Waals surface area contributed by atoms with Gasteiger partial charge in [-0.3, -0.25) is 9.59 Å². The fourth-order valence-electron chi connectivity index (χ4n) is 6.65. The normalized spacial score (nSPS) is 21.3. The highest BCUT2D eigenvalue weighted by Crippen LogP contribution is 2.38. The molecule has 0 bridgehead atoms. The lowest BCUT2D eigenvalue weighted by molar-refractivity contribution is 0.0729. The van der Waals surface area contributed by atoms with Crippen molar-refractivity contribution < 1.29 is 28.2 Å². The second kappa shape index (κ2) is 13.3. The van der Waals surface area contributed by atoms with Gasteiger partial charge in [0.1, 0.15) is 22.4 Å². The molecule has 2 amide bonds. The average Bonchev–Trinajstić information content (AvgIpc) is 3.75. The van der Waals surface area contributed by atoms with Gasteiger partial charge in [0.15, 0.2) is 0 Å². The predicted octanol–water partition coefficient (Wildman–Crippen LogP) is 4.88. The van der Waals surface area contributed by atoms with Crippen molar-refractivity contribution in [2.45, 2.75) is 82.5 Å². The number of nitrogens with one attached hydrogen (secondary N) is 2. The molecule has 0 saturated carbocycles. The molecule has 44 heavy (non-hydrogen) atoms. The SMILES string of the molecule is Cc1csc([C@H]2CCCN2C(=O)c2cc(C(=O)N[C@@H](Cc3cc(F)cc(F)c3)[C@H](O)[C@H]3CCCN3)cc3c2OCCCC3)n1. The summed E-state index contributed by atoms with van der Waals surface area (Å²) < 4.78 is 34.2. The number of halogens is 2. The molecule has 3 aromatic rings. The van der Waals surface area contributed by atoms with E-state index in [9.17, 15) is 23.5 Å².